The van der Waals surface area contributed by atoms with E-state index >= 15 is 0 Å². The second kappa shape index (κ2) is 7.43. The molecular weight excluding hydrogens is 210 g/mol. The maximum Gasteiger partial charge on any atom is 0.146 e. The summed E-state index contributed by atoms with van der Waals surface area (Å²) in [4.78, 5) is 10.9. The van der Waals surface area contributed by atoms with E-state index in [9.17, 15) is 4.79 Å². The van der Waals surface area contributed by atoms with Crippen molar-refractivity contribution in [2.24, 2.45) is 5.73 Å². The highest BCUT2D eigenvalue weighted by molar-refractivity contribution is 6.30. The Balaban J connectivity index is 0.000000921. The number of rotatable bonds is 3. The van der Waals surface area contributed by atoms with E-state index in [0.717, 1.165) is 5.56 Å². The van der Waals surface area contributed by atoms with Crippen molar-refractivity contribution in [1.29, 1.82) is 0 Å². The molecule has 0 aliphatic heterocycles. The van der Waals surface area contributed by atoms with Gasteiger partial charge in [0.05, 0.1) is 6.04 Å². The maximum atomic E-state index is 10.9. The predicted octanol–water partition coefficient (Wildman–Crippen LogP) is 2.83. The minimum absolute atomic E-state index is 0.00921. The normalized spacial score (nSPS) is 11.3. The van der Waals surface area contributed by atoms with Gasteiger partial charge in [-0.15, -0.1) is 0 Å². The zero-order valence-corrected chi connectivity index (χ0v) is 10.2. The van der Waals surface area contributed by atoms with Gasteiger partial charge in [-0.2, -0.15) is 0 Å². The Morgan fingerprint density at radius 3 is 2.20 bits per heavy atom. The molecule has 0 bridgehead atoms. The van der Waals surface area contributed by atoms with Crippen LogP contribution >= 0.6 is 11.6 Å². The van der Waals surface area contributed by atoms with Crippen molar-refractivity contribution in [3.63, 3.8) is 0 Å². The summed E-state index contributed by atoms with van der Waals surface area (Å²) >= 11 is 5.71. The quantitative estimate of drug-likeness (QED) is 0.863. The molecule has 0 aliphatic carbocycles. The molecular formula is C12H18ClNO. The second-order valence-electron chi connectivity index (χ2n) is 3.05. The molecule has 0 aliphatic rings. The summed E-state index contributed by atoms with van der Waals surface area (Å²) in [5, 5.41) is 0.695. The fourth-order valence-corrected chi connectivity index (χ4v) is 1.14. The number of hydrogen-bond acceptors (Lipinski definition) is 2. The van der Waals surface area contributed by atoms with Gasteiger partial charge < -0.3 is 5.73 Å². The molecule has 1 atom stereocenters. The van der Waals surface area contributed by atoms with Gasteiger partial charge in [0.2, 0.25) is 0 Å². The van der Waals surface area contributed by atoms with Crippen LogP contribution in [0.2, 0.25) is 5.02 Å². The van der Waals surface area contributed by atoms with E-state index in [1.165, 1.54) is 6.92 Å². The van der Waals surface area contributed by atoms with Crippen LogP contribution in [-0.2, 0) is 11.2 Å². The molecule has 0 saturated carbocycles. The molecule has 0 fully saturated rings. The van der Waals surface area contributed by atoms with Gasteiger partial charge in [-0.3, -0.25) is 4.79 Å². The van der Waals surface area contributed by atoms with Crippen LogP contribution in [0.3, 0.4) is 0 Å². The summed E-state index contributed by atoms with van der Waals surface area (Å²) in [5.41, 5.74) is 6.64. The number of nitrogens with two attached hydrogens (primary N) is 1. The Morgan fingerprint density at radius 2 is 1.80 bits per heavy atom. The van der Waals surface area contributed by atoms with E-state index in [1.54, 1.807) is 12.1 Å². The average Bonchev–Trinajstić information content (AvgIpc) is 2.24. The number of carbonyl (C=O) groups is 1. The summed E-state index contributed by atoms with van der Waals surface area (Å²) in [7, 11) is 0. The fraction of sp³-hybridized carbons (Fsp3) is 0.417. The Morgan fingerprint density at radius 1 is 1.33 bits per heavy atom. The smallest absolute Gasteiger partial charge is 0.146 e. The molecule has 1 unspecified atom stereocenters. The first kappa shape index (κ1) is 14.1. The van der Waals surface area contributed by atoms with E-state index < -0.39 is 6.04 Å². The van der Waals surface area contributed by atoms with Crippen LogP contribution in [0.5, 0.6) is 0 Å². The van der Waals surface area contributed by atoms with Crippen molar-refractivity contribution in [2.75, 3.05) is 0 Å². The van der Waals surface area contributed by atoms with Crippen LogP contribution in [0.15, 0.2) is 24.3 Å². The lowest BCUT2D eigenvalue weighted by molar-refractivity contribution is -0.118. The number of Topliss-reactive ketones (excluding diaryl/α,β-unsaturated/α-hetero) is 1. The predicted molar refractivity (Wildman–Crippen MR) is 65.2 cm³/mol. The first-order valence-electron chi connectivity index (χ1n) is 5.10. The minimum atomic E-state index is -0.402. The topological polar surface area (TPSA) is 43.1 Å². The molecule has 0 spiro atoms. The van der Waals surface area contributed by atoms with Crippen molar-refractivity contribution in [1.82, 2.24) is 0 Å². The van der Waals surface area contributed by atoms with Gasteiger partial charge in [0.25, 0.3) is 0 Å². The van der Waals surface area contributed by atoms with Crippen LogP contribution in [-0.4, -0.2) is 11.8 Å². The highest BCUT2D eigenvalue weighted by Gasteiger charge is 2.08. The summed E-state index contributed by atoms with van der Waals surface area (Å²) in [5.74, 6) is 0.00921. The van der Waals surface area contributed by atoms with Crippen LogP contribution in [0.1, 0.15) is 26.3 Å². The van der Waals surface area contributed by atoms with Crippen LogP contribution in [0, 0.1) is 0 Å². The third kappa shape index (κ3) is 5.55. The lowest BCUT2D eigenvalue weighted by Gasteiger charge is -2.07. The van der Waals surface area contributed by atoms with Gasteiger partial charge in [-0.05, 0) is 31.0 Å². The largest absolute Gasteiger partial charge is 0.321 e. The lowest BCUT2D eigenvalue weighted by atomic mass is 10.0. The van der Waals surface area contributed by atoms with Crippen molar-refractivity contribution >= 4 is 17.4 Å². The van der Waals surface area contributed by atoms with Crippen LogP contribution in [0.4, 0.5) is 0 Å². The Hall–Kier alpha value is -0.860. The van der Waals surface area contributed by atoms with Gasteiger partial charge >= 0.3 is 0 Å². The molecule has 0 aromatic heterocycles. The minimum Gasteiger partial charge on any atom is -0.321 e. The average molecular weight is 228 g/mol. The SMILES string of the molecule is CC.CC(=O)C(N)Cc1ccc(Cl)cc1. The van der Waals surface area contributed by atoms with E-state index in [1.807, 2.05) is 26.0 Å². The first-order valence-corrected chi connectivity index (χ1v) is 5.48. The Kier molecular flexibility index (Phi) is 7.01. The summed E-state index contributed by atoms with van der Waals surface area (Å²) in [6.07, 6.45) is 0.576. The third-order valence-corrected chi connectivity index (χ3v) is 2.14. The van der Waals surface area contributed by atoms with Crippen molar-refractivity contribution in [2.45, 2.75) is 33.2 Å². The molecule has 1 aromatic carbocycles. The molecule has 84 valence electrons. The molecule has 0 radical (unpaired) electrons. The third-order valence-electron chi connectivity index (χ3n) is 1.89. The molecule has 15 heavy (non-hydrogen) atoms. The maximum absolute atomic E-state index is 10.9. The van der Waals surface area contributed by atoms with E-state index in [4.69, 9.17) is 17.3 Å². The van der Waals surface area contributed by atoms with Gasteiger partial charge in [-0.1, -0.05) is 37.6 Å². The zero-order chi connectivity index (χ0) is 11.8. The molecule has 3 heteroatoms. The van der Waals surface area contributed by atoms with Gasteiger partial charge in [0.15, 0.2) is 0 Å². The molecule has 1 rings (SSSR count). The standard InChI is InChI=1S/C10H12ClNO.C2H6/c1-7(13)10(12)6-8-2-4-9(11)5-3-8;1-2/h2-5,10H,6,12H2,1H3;1-2H3. The summed E-state index contributed by atoms with van der Waals surface area (Å²) < 4.78 is 0. The molecule has 0 heterocycles. The monoisotopic (exact) mass is 227 g/mol. The van der Waals surface area contributed by atoms with E-state index in [2.05, 4.69) is 0 Å². The molecule has 2 N–H and O–H groups in total. The number of ketones is 1. The van der Waals surface area contributed by atoms with Crippen LogP contribution in [0.25, 0.3) is 0 Å². The lowest BCUT2D eigenvalue weighted by Crippen LogP contribution is -2.30. The van der Waals surface area contributed by atoms with Crippen molar-refractivity contribution in [3.05, 3.63) is 34.9 Å². The Labute approximate surface area is 96.4 Å². The van der Waals surface area contributed by atoms with Crippen LogP contribution < -0.4 is 5.73 Å². The number of hydrogen-bond donors (Lipinski definition) is 1. The summed E-state index contributed by atoms with van der Waals surface area (Å²) in [6.45, 7) is 5.50. The van der Waals surface area contributed by atoms with Gasteiger partial charge in [0.1, 0.15) is 5.78 Å². The summed E-state index contributed by atoms with van der Waals surface area (Å²) in [6, 6.07) is 6.95. The highest BCUT2D eigenvalue weighted by atomic mass is 35.5. The van der Waals surface area contributed by atoms with Crippen molar-refractivity contribution < 1.29 is 4.79 Å². The van der Waals surface area contributed by atoms with Crippen molar-refractivity contribution in [3.8, 4) is 0 Å². The van der Waals surface area contributed by atoms with Gasteiger partial charge in [0, 0.05) is 5.02 Å². The fourth-order valence-electron chi connectivity index (χ4n) is 1.02. The second-order valence-corrected chi connectivity index (χ2v) is 3.48. The first-order chi connectivity index (χ1) is 7.09. The number of benzene rings is 1. The number of carbonyl (C=O) groups excluding carboxylic acids is 1. The molecule has 1 aromatic rings. The highest BCUT2D eigenvalue weighted by Crippen LogP contribution is 2.10. The van der Waals surface area contributed by atoms with E-state index in [-0.39, 0.29) is 5.78 Å². The molecule has 0 saturated heterocycles. The zero-order valence-electron chi connectivity index (χ0n) is 9.46. The Bertz CT molecular complexity index is 295. The van der Waals surface area contributed by atoms with E-state index in [0.29, 0.717) is 11.4 Å². The number of halogens is 1. The van der Waals surface area contributed by atoms with Gasteiger partial charge in [-0.25, -0.2) is 0 Å². The molecule has 2 nitrogen and oxygen atoms in total. The molecule has 0 amide bonds.